The van der Waals surface area contributed by atoms with Gasteiger partial charge in [-0.2, -0.15) is 4.31 Å². The lowest BCUT2D eigenvalue weighted by atomic mass is 9.98. The summed E-state index contributed by atoms with van der Waals surface area (Å²) in [6, 6.07) is 37.2. The predicted molar refractivity (Wildman–Crippen MR) is 193 cm³/mol. The van der Waals surface area contributed by atoms with Crippen LogP contribution in [0, 0.1) is 6.92 Å². The maximum absolute atomic E-state index is 13.5. The third kappa shape index (κ3) is 9.47. The van der Waals surface area contributed by atoms with Crippen LogP contribution in [0.2, 0.25) is 0 Å². The Labute approximate surface area is 297 Å². The van der Waals surface area contributed by atoms with Gasteiger partial charge in [-0.3, -0.25) is 0 Å². The number of nitrogens with zero attached hydrogens (tertiary/aromatic N) is 1. The van der Waals surface area contributed by atoms with Crippen LogP contribution in [0.15, 0.2) is 120 Å². The van der Waals surface area contributed by atoms with E-state index in [4.69, 9.17) is 23.7 Å². The Balaban J connectivity index is 1.15. The van der Waals surface area contributed by atoms with E-state index in [1.165, 1.54) is 0 Å². The molecule has 0 radical (unpaired) electrons. The van der Waals surface area contributed by atoms with Gasteiger partial charge in [0.1, 0.15) is 18.3 Å². The highest BCUT2D eigenvalue weighted by molar-refractivity contribution is 7.89. The van der Waals surface area contributed by atoms with E-state index >= 15 is 0 Å². The molecule has 0 unspecified atom stereocenters. The molecule has 2 heterocycles. The smallest absolute Gasteiger partial charge is 0.243 e. The average molecular weight is 700 g/mol. The first-order chi connectivity index (χ1) is 24.4. The quantitative estimate of drug-likeness (QED) is 0.112. The zero-order valence-corrected chi connectivity index (χ0v) is 29.8. The second-order valence-electron chi connectivity index (χ2n) is 13.2. The van der Waals surface area contributed by atoms with E-state index in [9.17, 15) is 8.42 Å². The van der Waals surface area contributed by atoms with Crippen LogP contribution >= 0.6 is 0 Å². The van der Waals surface area contributed by atoms with Crippen molar-refractivity contribution in [2.45, 2.75) is 101 Å². The van der Waals surface area contributed by atoms with Crippen molar-refractivity contribution in [3.8, 4) is 0 Å². The Kier molecular flexibility index (Phi) is 12.9. The topological polar surface area (TPSA) is 83.5 Å². The molecule has 0 saturated carbocycles. The van der Waals surface area contributed by atoms with E-state index < -0.39 is 34.6 Å². The second kappa shape index (κ2) is 17.7. The standard InChI is InChI=1S/C41H49NO7S/c1-31-22-24-37(25-23-31)50(43,44)42-26-12-20-36(42)21-13-27-45-41-40(48-30-35-18-10-5-11-19-35)39(47-29-34-16-8-4-9-17-34)38(32(2)49-41)46-28-33-14-6-3-7-15-33/h3-11,14-19,22-25,32,36,38-41H,12-13,20-21,26-30H2,1-2H3/t32-,36-,38+,39+,40-,41-/m0/s1. The minimum Gasteiger partial charge on any atom is -0.368 e. The minimum absolute atomic E-state index is 0.0704. The molecule has 8 nitrogen and oxygen atoms in total. The summed E-state index contributed by atoms with van der Waals surface area (Å²) in [6.07, 6.45) is 0.516. The van der Waals surface area contributed by atoms with Gasteiger partial charge in [0.05, 0.1) is 30.8 Å². The van der Waals surface area contributed by atoms with Crippen molar-refractivity contribution in [1.29, 1.82) is 0 Å². The molecule has 0 amide bonds. The minimum atomic E-state index is -3.56. The average Bonchev–Trinajstić information content (AvgIpc) is 3.63. The summed E-state index contributed by atoms with van der Waals surface area (Å²) in [7, 11) is -3.56. The molecular weight excluding hydrogens is 651 g/mol. The van der Waals surface area contributed by atoms with Crippen LogP contribution in [-0.4, -0.2) is 62.6 Å². The Bertz CT molecular complexity index is 1690. The lowest BCUT2D eigenvalue weighted by Gasteiger charge is -2.45. The molecular formula is C41H49NO7S. The lowest BCUT2D eigenvalue weighted by Crippen LogP contribution is -2.60. The molecule has 0 aromatic heterocycles. The monoisotopic (exact) mass is 699 g/mol. The molecule has 0 spiro atoms. The third-order valence-corrected chi connectivity index (χ3v) is 11.5. The number of hydrogen-bond acceptors (Lipinski definition) is 7. The van der Waals surface area contributed by atoms with Gasteiger partial charge in [0.25, 0.3) is 0 Å². The summed E-state index contributed by atoms with van der Waals surface area (Å²) in [4.78, 5) is 0.347. The number of rotatable bonds is 16. The van der Waals surface area contributed by atoms with Crippen molar-refractivity contribution in [1.82, 2.24) is 4.31 Å². The van der Waals surface area contributed by atoms with Gasteiger partial charge in [0.2, 0.25) is 10.0 Å². The molecule has 2 saturated heterocycles. The highest BCUT2D eigenvalue weighted by Crippen LogP contribution is 2.32. The van der Waals surface area contributed by atoms with Crippen molar-refractivity contribution in [2.24, 2.45) is 0 Å². The van der Waals surface area contributed by atoms with Crippen molar-refractivity contribution in [2.75, 3.05) is 13.2 Å². The maximum atomic E-state index is 13.5. The van der Waals surface area contributed by atoms with E-state index in [0.717, 1.165) is 35.1 Å². The molecule has 0 aliphatic carbocycles. The van der Waals surface area contributed by atoms with Crippen molar-refractivity contribution < 1.29 is 32.1 Å². The first-order valence-corrected chi connectivity index (χ1v) is 19.1. The first kappa shape index (κ1) is 36.4. The first-order valence-electron chi connectivity index (χ1n) is 17.7. The fourth-order valence-corrected chi connectivity index (χ4v) is 8.50. The number of aryl methyl sites for hydroxylation is 1. The molecule has 0 N–H and O–H groups in total. The van der Waals surface area contributed by atoms with Gasteiger partial charge in [-0.05, 0) is 68.4 Å². The van der Waals surface area contributed by atoms with E-state index in [1.807, 2.05) is 117 Å². The van der Waals surface area contributed by atoms with Gasteiger partial charge in [0, 0.05) is 19.2 Å². The SMILES string of the molecule is Cc1ccc(S(=O)(=O)N2CCC[C@H]2CCCO[C@H]2O[C@@H](C)[C@@H](OCc3ccccc3)[C@@H](OCc3ccccc3)[C@@H]2OCc2ccccc2)cc1. The van der Waals surface area contributed by atoms with E-state index in [1.54, 1.807) is 16.4 Å². The van der Waals surface area contributed by atoms with Crippen molar-refractivity contribution >= 4 is 10.0 Å². The molecule has 6 atom stereocenters. The summed E-state index contributed by atoms with van der Waals surface area (Å²) in [5, 5.41) is 0. The zero-order chi connectivity index (χ0) is 34.8. The van der Waals surface area contributed by atoms with Crippen LogP contribution in [0.25, 0.3) is 0 Å². The van der Waals surface area contributed by atoms with Crippen LogP contribution in [-0.2, 0) is 53.5 Å². The van der Waals surface area contributed by atoms with Crippen LogP contribution in [0.3, 0.4) is 0 Å². The Morgan fingerprint density at radius 3 is 1.76 bits per heavy atom. The highest BCUT2D eigenvalue weighted by Gasteiger charge is 2.47. The molecule has 2 aliphatic rings. The summed E-state index contributed by atoms with van der Waals surface area (Å²) >= 11 is 0. The van der Waals surface area contributed by atoms with Crippen molar-refractivity contribution in [3.05, 3.63) is 138 Å². The lowest BCUT2D eigenvalue weighted by molar-refractivity contribution is -0.320. The Morgan fingerprint density at radius 2 is 1.20 bits per heavy atom. The summed E-state index contributed by atoms with van der Waals surface area (Å²) in [6.45, 7) is 6.01. The van der Waals surface area contributed by atoms with Crippen LogP contribution in [0.4, 0.5) is 0 Å². The van der Waals surface area contributed by atoms with Gasteiger partial charge in [-0.1, -0.05) is 109 Å². The largest absolute Gasteiger partial charge is 0.368 e. The van der Waals surface area contributed by atoms with Gasteiger partial charge in [-0.15, -0.1) is 0 Å². The number of benzene rings is 4. The van der Waals surface area contributed by atoms with E-state index in [2.05, 4.69) is 0 Å². The highest BCUT2D eigenvalue weighted by atomic mass is 32.2. The molecule has 50 heavy (non-hydrogen) atoms. The Morgan fingerprint density at radius 1 is 0.680 bits per heavy atom. The van der Waals surface area contributed by atoms with E-state index in [-0.39, 0.29) is 12.1 Å². The molecule has 2 fully saturated rings. The normalized spacial score (nSPS) is 24.4. The summed E-state index contributed by atoms with van der Waals surface area (Å²) < 4.78 is 61.5. The van der Waals surface area contributed by atoms with Crippen molar-refractivity contribution in [3.63, 3.8) is 0 Å². The van der Waals surface area contributed by atoms with Crippen LogP contribution in [0.1, 0.15) is 54.9 Å². The van der Waals surface area contributed by atoms with Gasteiger partial charge in [0.15, 0.2) is 6.29 Å². The van der Waals surface area contributed by atoms with Gasteiger partial charge < -0.3 is 23.7 Å². The molecule has 2 aliphatic heterocycles. The molecule has 4 aromatic rings. The Hall–Kier alpha value is -3.41. The zero-order valence-electron chi connectivity index (χ0n) is 29.0. The van der Waals surface area contributed by atoms with Crippen LogP contribution in [0.5, 0.6) is 0 Å². The maximum Gasteiger partial charge on any atom is 0.243 e. The summed E-state index contributed by atoms with van der Waals surface area (Å²) in [5.74, 6) is 0. The second-order valence-corrected chi connectivity index (χ2v) is 15.1. The van der Waals surface area contributed by atoms with Crippen LogP contribution < -0.4 is 0 Å². The van der Waals surface area contributed by atoms with Gasteiger partial charge in [-0.25, -0.2) is 8.42 Å². The number of hydrogen-bond donors (Lipinski definition) is 0. The number of ether oxygens (including phenoxy) is 5. The van der Waals surface area contributed by atoms with E-state index in [0.29, 0.717) is 50.7 Å². The molecule has 6 rings (SSSR count). The molecule has 0 bridgehead atoms. The predicted octanol–water partition coefficient (Wildman–Crippen LogP) is 7.45. The van der Waals surface area contributed by atoms with Gasteiger partial charge >= 0.3 is 0 Å². The summed E-state index contributed by atoms with van der Waals surface area (Å²) in [5.41, 5.74) is 4.18. The molecule has 266 valence electrons. The number of sulfonamides is 1. The molecule has 9 heteroatoms. The fraction of sp³-hybridized carbons (Fsp3) is 0.415. The molecule has 4 aromatic carbocycles. The fourth-order valence-electron chi connectivity index (χ4n) is 6.78. The third-order valence-electron chi connectivity index (χ3n) is 9.50.